The Kier molecular flexibility index (Phi) is 4.62. The van der Waals surface area contributed by atoms with E-state index in [0.29, 0.717) is 0 Å². The Morgan fingerprint density at radius 1 is 1.40 bits per heavy atom. The number of likely N-dealkylation sites (tertiary alicyclic amines) is 1. The first-order valence-electron chi connectivity index (χ1n) is 6.72. The quantitative estimate of drug-likeness (QED) is 0.819. The van der Waals surface area contributed by atoms with E-state index in [1.165, 1.54) is 12.1 Å². The molecule has 20 heavy (non-hydrogen) atoms. The van der Waals surface area contributed by atoms with E-state index in [4.69, 9.17) is 5.73 Å². The summed E-state index contributed by atoms with van der Waals surface area (Å²) in [6.45, 7) is 4.75. The van der Waals surface area contributed by atoms with Gasteiger partial charge in [-0.3, -0.25) is 0 Å². The maximum atomic E-state index is 13.7. The van der Waals surface area contributed by atoms with Crippen molar-refractivity contribution in [3.05, 3.63) is 24.0 Å². The lowest BCUT2D eigenvalue weighted by molar-refractivity contribution is 0.217. The van der Waals surface area contributed by atoms with Gasteiger partial charge in [0.05, 0.1) is 0 Å². The Morgan fingerprint density at radius 3 is 2.60 bits per heavy atom. The van der Waals surface area contributed by atoms with Crippen molar-refractivity contribution in [3.63, 3.8) is 0 Å². The summed E-state index contributed by atoms with van der Waals surface area (Å²) in [6, 6.07) is 3.47. The minimum Gasteiger partial charge on any atom is -0.399 e. The predicted octanol–water partition coefficient (Wildman–Crippen LogP) is 1.17. The molecule has 0 saturated carbocycles. The summed E-state index contributed by atoms with van der Waals surface area (Å²) >= 11 is 0. The molecule has 0 spiro atoms. The predicted molar refractivity (Wildman–Crippen MR) is 76.3 cm³/mol. The second-order valence-electron chi connectivity index (χ2n) is 5.02. The molecular weight excluding hydrogens is 281 g/mol. The fourth-order valence-electron chi connectivity index (χ4n) is 2.38. The smallest absolute Gasteiger partial charge is 0.243 e. The van der Waals surface area contributed by atoms with E-state index in [1.54, 1.807) is 0 Å². The number of nitrogens with one attached hydrogen (secondary N) is 1. The number of halogens is 1. The molecule has 0 aromatic heterocycles. The highest BCUT2D eigenvalue weighted by molar-refractivity contribution is 7.89. The molecule has 1 saturated heterocycles. The van der Waals surface area contributed by atoms with Gasteiger partial charge in [-0.05, 0) is 50.7 Å². The van der Waals surface area contributed by atoms with Crippen LogP contribution in [0.25, 0.3) is 0 Å². The summed E-state index contributed by atoms with van der Waals surface area (Å²) in [5.41, 5.74) is 5.63. The lowest BCUT2D eigenvalue weighted by Crippen LogP contribution is -2.44. The number of piperidine rings is 1. The van der Waals surface area contributed by atoms with Gasteiger partial charge in [0.25, 0.3) is 0 Å². The van der Waals surface area contributed by atoms with Crippen molar-refractivity contribution in [1.82, 2.24) is 9.62 Å². The third-order valence-corrected chi connectivity index (χ3v) is 5.16. The molecular formula is C13H20FN3O2S. The first kappa shape index (κ1) is 15.2. The molecule has 1 aliphatic rings. The zero-order valence-electron chi connectivity index (χ0n) is 11.5. The average molecular weight is 301 g/mol. The van der Waals surface area contributed by atoms with Gasteiger partial charge in [-0.1, -0.05) is 6.92 Å². The molecule has 0 atom stereocenters. The number of nitrogens with two attached hydrogens (primary N) is 1. The monoisotopic (exact) mass is 301 g/mol. The Labute approximate surface area is 119 Å². The van der Waals surface area contributed by atoms with E-state index in [-0.39, 0.29) is 16.6 Å². The normalized spacial score (nSPS) is 18.3. The van der Waals surface area contributed by atoms with Crippen LogP contribution >= 0.6 is 0 Å². The van der Waals surface area contributed by atoms with E-state index < -0.39 is 15.8 Å². The molecule has 0 amide bonds. The summed E-state index contributed by atoms with van der Waals surface area (Å²) in [6.07, 6.45) is 1.48. The molecule has 112 valence electrons. The first-order chi connectivity index (χ1) is 9.42. The Morgan fingerprint density at radius 2 is 2.05 bits per heavy atom. The highest BCUT2D eigenvalue weighted by atomic mass is 32.2. The number of rotatable bonds is 4. The van der Waals surface area contributed by atoms with Crippen LogP contribution in [0.5, 0.6) is 0 Å². The summed E-state index contributed by atoms with van der Waals surface area (Å²) < 4.78 is 40.6. The van der Waals surface area contributed by atoms with Crippen molar-refractivity contribution in [2.75, 3.05) is 25.4 Å². The number of nitrogens with zero attached hydrogens (tertiary/aromatic N) is 1. The lowest BCUT2D eigenvalue weighted by Gasteiger charge is -2.31. The molecule has 1 heterocycles. The zero-order chi connectivity index (χ0) is 14.8. The van der Waals surface area contributed by atoms with E-state index in [1.807, 2.05) is 0 Å². The van der Waals surface area contributed by atoms with Gasteiger partial charge in [0.15, 0.2) is 0 Å². The van der Waals surface area contributed by atoms with Crippen LogP contribution in [0.3, 0.4) is 0 Å². The number of hydrogen-bond acceptors (Lipinski definition) is 4. The Bertz CT molecular complexity index is 569. The van der Waals surface area contributed by atoms with Crippen LogP contribution in [-0.4, -0.2) is 39.0 Å². The number of benzene rings is 1. The van der Waals surface area contributed by atoms with Gasteiger partial charge in [0.2, 0.25) is 10.0 Å². The Hall–Kier alpha value is -1.18. The average Bonchev–Trinajstić information content (AvgIpc) is 2.38. The van der Waals surface area contributed by atoms with Crippen LogP contribution in [-0.2, 0) is 10.0 Å². The maximum Gasteiger partial charge on any atom is 0.243 e. The number of nitrogen functional groups attached to an aromatic ring is 1. The molecule has 0 aliphatic carbocycles. The summed E-state index contributed by atoms with van der Waals surface area (Å²) in [7, 11) is -3.83. The lowest BCUT2D eigenvalue weighted by atomic mass is 10.1. The van der Waals surface area contributed by atoms with E-state index >= 15 is 0 Å². The fraction of sp³-hybridized carbons (Fsp3) is 0.538. The molecule has 1 aromatic carbocycles. The van der Waals surface area contributed by atoms with Crippen molar-refractivity contribution in [3.8, 4) is 0 Å². The molecule has 0 radical (unpaired) electrons. The summed E-state index contributed by atoms with van der Waals surface area (Å²) in [5.74, 6) is -0.816. The second-order valence-corrected chi connectivity index (χ2v) is 6.70. The fourth-order valence-corrected chi connectivity index (χ4v) is 3.75. The van der Waals surface area contributed by atoms with Crippen molar-refractivity contribution in [2.45, 2.75) is 30.7 Å². The van der Waals surface area contributed by atoms with Crippen LogP contribution in [0.4, 0.5) is 10.1 Å². The van der Waals surface area contributed by atoms with Gasteiger partial charge in [-0.2, -0.15) is 0 Å². The van der Waals surface area contributed by atoms with Gasteiger partial charge < -0.3 is 10.6 Å². The van der Waals surface area contributed by atoms with Crippen molar-refractivity contribution in [2.24, 2.45) is 0 Å². The number of sulfonamides is 1. The molecule has 0 unspecified atom stereocenters. The van der Waals surface area contributed by atoms with E-state index in [0.717, 1.165) is 38.5 Å². The number of hydrogen-bond donors (Lipinski definition) is 2. The summed E-state index contributed by atoms with van der Waals surface area (Å²) in [4.78, 5) is 1.92. The van der Waals surface area contributed by atoms with E-state index in [2.05, 4.69) is 16.5 Å². The van der Waals surface area contributed by atoms with Crippen LogP contribution in [0.1, 0.15) is 19.8 Å². The largest absolute Gasteiger partial charge is 0.399 e. The highest BCUT2D eigenvalue weighted by Gasteiger charge is 2.26. The molecule has 2 rings (SSSR count). The van der Waals surface area contributed by atoms with Gasteiger partial charge >= 0.3 is 0 Å². The van der Waals surface area contributed by atoms with Crippen LogP contribution < -0.4 is 10.5 Å². The maximum absolute atomic E-state index is 13.7. The molecule has 0 bridgehead atoms. The minimum atomic E-state index is -3.83. The third-order valence-electron chi connectivity index (χ3n) is 3.60. The van der Waals surface area contributed by atoms with Gasteiger partial charge in [-0.25, -0.2) is 17.5 Å². The molecule has 7 heteroatoms. The standard InChI is InChI=1S/C13H20FN3O2S/c1-2-17-7-5-11(6-8-17)16-20(18,19)13-4-3-10(15)9-12(13)14/h3-4,9,11,16H,2,5-8,15H2,1H3. The zero-order valence-corrected chi connectivity index (χ0v) is 12.3. The first-order valence-corrected chi connectivity index (χ1v) is 8.20. The van der Waals surface area contributed by atoms with Crippen molar-refractivity contribution < 1.29 is 12.8 Å². The van der Waals surface area contributed by atoms with Crippen molar-refractivity contribution >= 4 is 15.7 Å². The highest BCUT2D eigenvalue weighted by Crippen LogP contribution is 2.19. The van der Waals surface area contributed by atoms with E-state index in [9.17, 15) is 12.8 Å². The van der Waals surface area contributed by atoms with Crippen LogP contribution in [0.2, 0.25) is 0 Å². The molecule has 1 fully saturated rings. The Balaban J connectivity index is 2.08. The second kappa shape index (κ2) is 6.07. The molecule has 1 aromatic rings. The van der Waals surface area contributed by atoms with Crippen LogP contribution in [0.15, 0.2) is 23.1 Å². The minimum absolute atomic E-state index is 0.139. The van der Waals surface area contributed by atoms with Crippen molar-refractivity contribution in [1.29, 1.82) is 0 Å². The van der Waals surface area contributed by atoms with Crippen LogP contribution in [0, 0.1) is 5.82 Å². The SMILES string of the molecule is CCN1CCC(NS(=O)(=O)c2ccc(N)cc2F)CC1. The van der Waals surface area contributed by atoms with Gasteiger partial charge in [-0.15, -0.1) is 0 Å². The molecule has 5 nitrogen and oxygen atoms in total. The third kappa shape index (κ3) is 3.47. The topological polar surface area (TPSA) is 75.4 Å². The number of anilines is 1. The van der Waals surface area contributed by atoms with Gasteiger partial charge in [0.1, 0.15) is 10.7 Å². The molecule has 3 N–H and O–H groups in total. The molecule has 1 aliphatic heterocycles. The summed E-state index contributed by atoms with van der Waals surface area (Å²) in [5, 5.41) is 0. The van der Waals surface area contributed by atoms with Gasteiger partial charge in [0, 0.05) is 11.7 Å².